The fraction of sp³-hybridized carbons (Fsp3) is 0.357. The van der Waals surface area contributed by atoms with Gasteiger partial charge in [0.15, 0.2) is 0 Å². The molecule has 0 bridgehead atoms. The number of carbonyl (C=O) groups excluding carboxylic acids is 2. The number of benzene rings is 1. The maximum Gasteiger partial charge on any atom is 0.326 e. The minimum atomic E-state index is -1.13. The Morgan fingerprint density at radius 2 is 1.81 bits per heavy atom. The molecule has 1 unspecified atom stereocenters. The highest BCUT2D eigenvalue weighted by Crippen LogP contribution is 2.03. The van der Waals surface area contributed by atoms with Gasteiger partial charge in [-0.25, -0.2) is 9.59 Å². The summed E-state index contributed by atoms with van der Waals surface area (Å²) in [4.78, 5) is 33.9. The minimum absolute atomic E-state index is 0.171. The van der Waals surface area contributed by atoms with Gasteiger partial charge in [0.25, 0.3) is 0 Å². The SMILES string of the molecule is CCNC(=O)CNC(=O)NC(Cc1ccccc1)C(=O)O. The zero-order chi connectivity index (χ0) is 15.7. The van der Waals surface area contributed by atoms with E-state index in [2.05, 4.69) is 16.0 Å². The van der Waals surface area contributed by atoms with E-state index in [1.807, 2.05) is 6.07 Å². The van der Waals surface area contributed by atoms with Crippen molar-refractivity contribution in [1.82, 2.24) is 16.0 Å². The van der Waals surface area contributed by atoms with Crippen molar-refractivity contribution in [3.63, 3.8) is 0 Å². The van der Waals surface area contributed by atoms with E-state index < -0.39 is 18.0 Å². The third kappa shape index (κ3) is 6.42. The molecule has 3 amide bonds. The van der Waals surface area contributed by atoms with Crippen molar-refractivity contribution in [3.05, 3.63) is 35.9 Å². The zero-order valence-corrected chi connectivity index (χ0v) is 11.8. The summed E-state index contributed by atoms with van der Waals surface area (Å²) >= 11 is 0. The van der Waals surface area contributed by atoms with Gasteiger partial charge < -0.3 is 21.1 Å². The van der Waals surface area contributed by atoms with Crippen LogP contribution in [-0.4, -0.2) is 42.1 Å². The number of rotatable bonds is 7. The van der Waals surface area contributed by atoms with Crippen LogP contribution in [0.4, 0.5) is 4.79 Å². The van der Waals surface area contributed by atoms with Gasteiger partial charge in [0, 0.05) is 13.0 Å². The first kappa shape index (κ1) is 16.5. The summed E-state index contributed by atoms with van der Waals surface area (Å²) in [6.45, 7) is 2.03. The lowest BCUT2D eigenvalue weighted by atomic mass is 10.1. The first-order chi connectivity index (χ1) is 10.0. The number of hydrogen-bond acceptors (Lipinski definition) is 3. The molecule has 0 aromatic heterocycles. The van der Waals surface area contributed by atoms with Crippen LogP contribution in [0, 0.1) is 0 Å². The first-order valence-corrected chi connectivity index (χ1v) is 6.60. The lowest BCUT2D eigenvalue weighted by Crippen LogP contribution is -2.49. The number of hydrogen-bond donors (Lipinski definition) is 4. The number of likely N-dealkylation sites (N-methyl/N-ethyl adjacent to an activating group) is 1. The van der Waals surface area contributed by atoms with E-state index in [1.165, 1.54) is 0 Å². The molecule has 0 radical (unpaired) electrons. The number of nitrogens with one attached hydrogen (secondary N) is 3. The number of aliphatic carboxylic acids is 1. The molecule has 21 heavy (non-hydrogen) atoms. The number of carboxylic acids is 1. The highest BCUT2D eigenvalue weighted by Gasteiger charge is 2.20. The molecule has 0 aliphatic carbocycles. The standard InChI is InChI=1S/C14H19N3O4/c1-2-15-12(18)9-16-14(21)17-11(13(19)20)8-10-6-4-3-5-7-10/h3-7,11H,2,8-9H2,1H3,(H,15,18)(H,19,20)(H2,16,17,21). The number of urea groups is 1. The highest BCUT2D eigenvalue weighted by molar-refractivity contribution is 5.86. The molecule has 0 saturated carbocycles. The van der Waals surface area contributed by atoms with Crippen LogP contribution in [0.5, 0.6) is 0 Å². The maximum absolute atomic E-state index is 11.6. The van der Waals surface area contributed by atoms with Gasteiger partial charge in [0.1, 0.15) is 6.04 Å². The first-order valence-electron chi connectivity index (χ1n) is 6.60. The Hall–Kier alpha value is -2.57. The van der Waals surface area contributed by atoms with Gasteiger partial charge in [-0.1, -0.05) is 30.3 Å². The largest absolute Gasteiger partial charge is 0.480 e. The molecule has 114 valence electrons. The molecule has 1 atom stereocenters. The summed E-state index contributed by atoms with van der Waals surface area (Å²) in [5.41, 5.74) is 0.800. The maximum atomic E-state index is 11.6. The molecule has 0 heterocycles. The van der Waals surface area contributed by atoms with Crippen molar-refractivity contribution in [2.45, 2.75) is 19.4 Å². The summed E-state index contributed by atoms with van der Waals surface area (Å²) in [6, 6.07) is 7.23. The van der Waals surface area contributed by atoms with E-state index in [9.17, 15) is 14.4 Å². The molecule has 0 fully saturated rings. The van der Waals surface area contributed by atoms with Crippen molar-refractivity contribution in [2.24, 2.45) is 0 Å². The van der Waals surface area contributed by atoms with Crippen LogP contribution in [0.2, 0.25) is 0 Å². The molecule has 1 aromatic carbocycles. The van der Waals surface area contributed by atoms with Crippen LogP contribution >= 0.6 is 0 Å². The Balaban J connectivity index is 2.49. The van der Waals surface area contributed by atoms with Crippen LogP contribution in [0.15, 0.2) is 30.3 Å². The van der Waals surface area contributed by atoms with E-state index in [0.717, 1.165) is 5.56 Å². The van der Waals surface area contributed by atoms with Crippen molar-refractivity contribution >= 4 is 17.9 Å². The molecular formula is C14H19N3O4. The van der Waals surface area contributed by atoms with Crippen LogP contribution in [0.25, 0.3) is 0 Å². The quantitative estimate of drug-likeness (QED) is 0.572. The third-order valence-corrected chi connectivity index (χ3v) is 2.67. The van der Waals surface area contributed by atoms with E-state index >= 15 is 0 Å². The predicted molar refractivity (Wildman–Crippen MR) is 76.8 cm³/mol. The number of amides is 3. The van der Waals surface area contributed by atoms with E-state index in [4.69, 9.17) is 5.11 Å². The molecule has 1 aromatic rings. The molecule has 1 rings (SSSR count). The smallest absolute Gasteiger partial charge is 0.326 e. The lowest BCUT2D eigenvalue weighted by molar-refractivity contribution is -0.139. The molecular weight excluding hydrogens is 274 g/mol. The highest BCUT2D eigenvalue weighted by atomic mass is 16.4. The third-order valence-electron chi connectivity index (χ3n) is 2.67. The Morgan fingerprint density at radius 1 is 1.14 bits per heavy atom. The normalized spacial score (nSPS) is 11.3. The van der Waals surface area contributed by atoms with E-state index in [-0.39, 0.29) is 18.9 Å². The van der Waals surface area contributed by atoms with Crippen molar-refractivity contribution in [3.8, 4) is 0 Å². The molecule has 0 saturated heterocycles. The lowest BCUT2D eigenvalue weighted by Gasteiger charge is -2.15. The van der Waals surface area contributed by atoms with Crippen LogP contribution in [0.1, 0.15) is 12.5 Å². The summed E-state index contributed by atoms with van der Waals surface area (Å²) in [7, 11) is 0. The average Bonchev–Trinajstić information content (AvgIpc) is 2.46. The Bertz CT molecular complexity index is 490. The molecule has 7 heteroatoms. The fourth-order valence-electron chi connectivity index (χ4n) is 1.68. The van der Waals surface area contributed by atoms with Gasteiger partial charge in [0.05, 0.1) is 6.54 Å². The fourth-order valence-corrected chi connectivity index (χ4v) is 1.68. The average molecular weight is 293 g/mol. The predicted octanol–water partition coefficient (Wildman–Crippen LogP) is 0.118. The van der Waals surface area contributed by atoms with Crippen LogP contribution in [0.3, 0.4) is 0 Å². The van der Waals surface area contributed by atoms with E-state index in [0.29, 0.717) is 6.54 Å². The van der Waals surface area contributed by atoms with Gasteiger partial charge in [-0.15, -0.1) is 0 Å². The van der Waals surface area contributed by atoms with E-state index in [1.54, 1.807) is 31.2 Å². The summed E-state index contributed by atoms with van der Waals surface area (Å²) in [6.07, 6.45) is 0.171. The molecule has 7 nitrogen and oxygen atoms in total. The Morgan fingerprint density at radius 3 is 2.38 bits per heavy atom. The summed E-state index contributed by atoms with van der Waals surface area (Å²) in [5.74, 6) is -1.46. The van der Waals surface area contributed by atoms with Gasteiger partial charge >= 0.3 is 12.0 Å². The Kier molecular flexibility index (Phi) is 6.73. The second kappa shape index (κ2) is 8.57. The van der Waals surface area contributed by atoms with Gasteiger partial charge in [-0.3, -0.25) is 4.79 Å². The van der Waals surface area contributed by atoms with Crippen molar-refractivity contribution < 1.29 is 19.5 Å². The van der Waals surface area contributed by atoms with Gasteiger partial charge in [-0.2, -0.15) is 0 Å². The number of carbonyl (C=O) groups is 3. The molecule has 4 N–H and O–H groups in total. The van der Waals surface area contributed by atoms with Crippen molar-refractivity contribution in [1.29, 1.82) is 0 Å². The zero-order valence-electron chi connectivity index (χ0n) is 11.8. The monoisotopic (exact) mass is 293 g/mol. The second-order valence-electron chi connectivity index (χ2n) is 4.36. The summed E-state index contributed by atoms with van der Waals surface area (Å²) in [5, 5.41) is 16.3. The molecule has 0 aliphatic heterocycles. The molecule has 0 spiro atoms. The van der Waals surface area contributed by atoms with Gasteiger partial charge in [0.2, 0.25) is 5.91 Å². The molecule has 0 aliphatic rings. The summed E-state index contributed by atoms with van der Waals surface area (Å²) < 4.78 is 0. The van der Waals surface area contributed by atoms with Crippen molar-refractivity contribution in [2.75, 3.05) is 13.1 Å². The van der Waals surface area contributed by atoms with Crippen LogP contribution in [-0.2, 0) is 16.0 Å². The second-order valence-corrected chi connectivity index (χ2v) is 4.36. The number of carboxylic acid groups (broad SMARTS) is 1. The topological polar surface area (TPSA) is 108 Å². The Labute approximate surface area is 122 Å². The van der Waals surface area contributed by atoms with Gasteiger partial charge in [-0.05, 0) is 12.5 Å². The minimum Gasteiger partial charge on any atom is -0.480 e. The van der Waals surface area contributed by atoms with Crippen LogP contribution < -0.4 is 16.0 Å².